The summed E-state index contributed by atoms with van der Waals surface area (Å²) in [4.78, 5) is 18.0. The molecule has 0 amide bonds. The highest BCUT2D eigenvalue weighted by Gasteiger charge is 2.21. The van der Waals surface area contributed by atoms with E-state index in [9.17, 15) is 0 Å². The van der Waals surface area contributed by atoms with E-state index in [4.69, 9.17) is 5.10 Å². The van der Waals surface area contributed by atoms with Gasteiger partial charge in [-0.25, -0.2) is 19.5 Å². The molecule has 126 valence electrons. The third-order valence-corrected chi connectivity index (χ3v) is 5.45. The second kappa shape index (κ2) is 5.66. The number of aryl methyl sites for hydroxylation is 1. The molecule has 0 unspecified atom stereocenters. The average Bonchev–Trinajstić information content (AvgIpc) is 3.26. The number of anilines is 2. The van der Waals surface area contributed by atoms with Gasteiger partial charge in [-0.15, -0.1) is 16.4 Å². The molecule has 4 aromatic heterocycles. The number of aromatic nitrogens is 5. The lowest BCUT2D eigenvalue weighted by Crippen LogP contribution is -2.47. The monoisotopic (exact) mass is 351 g/mol. The van der Waals surface area contributed by atoms with Crippen LogP contribution in [0.4, 0.5) is 11.6 Å². The smallest absolute Gasteiger partial charge is 0.153 e. The third-order valence-electron chi connectivity index (χ3n) is 4.55. The first kappa shape index (κ1) is 14.6. The zero-order chi connectivity index (χ0) is 16.8. The summed E-state index contributed by atoms with van der Waals surface area (Å²) in [7, 11) is 0. The molecule has 1 aliphatic heterocycles. The number of hydrogen-bond acceptors (Lipinski definition) is 7. The molecule has 0 N–H and O–H groups in total. The van der Waals surface area contributed by atoms with Gasteiger partial charge >= 0.3 is 0 Å². The molecule has 1 saturated heterocycles. The number of piperazine rings is 1. The molecule has 0 spiro atoms. The summed E-state index contributed by atoms with van der Waals surface area (Å²) >= 11 is 1.71. The van der Waals surface area contributed by atoms with Crippen LogP contribution in [0.2, 0.25) is 0 Å². The van der Waals surface area contributed by atoms with E-state index in [0.29, 0.717) is 0 Å². The minimum Gasteiger partial charge on any atom is -0.352 e. The summed E-state index contributed by atoms with van der Waals surface area (Å²) in [5.41, 5.74) is 2.90. The Morgan fingerprint density at radius 3 is 2.72 bits per heavy atom. The number of rotatable bonds is 2. The fraction of sp³-hybridized carbons (Fsp3) is 0.294. The van der Waals surface area contributed by atoms with Crippen molar-refractivity contribution >= 4 is 38.8 Å². The maximum absolute atomic E-state index is 4.70. The normalized spacial score (nSPS) is 15.4. The maximum atomic E-state index is 4.70. The molecular weight excluding hydrogens is 334 g/mol. The van der Waals surface area contributed by atoms with E-state index in [1.54, 1.807) is 17.7 Å². The molecule has 1 fully saturated rings. The van der Waals surface area contributed by atoms with Crippen LogP contribution in [0.5, 0.6) is 0 Å². The summed E-state index contributed by atoms with van der Waals surface area (Å²) in [6.07, 6.45) is 3.62. The van der Waals surface area contributed by atoms with Gasteiger partial charge in [0.15, 0.2) is 5.65 Å². The van der Waals surface area contributed by atoms with Gasteiger partial charge in [-0.1, -0.05) is 0 Å². The first-order chi connectivity index (χ1) is 12.3. The lowest BCUT2D eigenvalue weighted by molar-refractivity contribution is 0.638. The molecular formula is C17H17N7S. The van der Waals surface area contributed by atoms with E-state index < -0.39 is 0 Å². The average molecular weight is 351 g/mol. The SMILES string of the molecule is Cc1cn2nc(N3CCN(c4ncnc5ccsc45)CC3)ccc2n1. The molecule has 0 saturated carbocycles. The van der Waals surface area contributed by atoms with Gasteiger partial charge in [-0.2, -0.15) is 0 Å². The van der Waals surface area contributed by atoms with E-state index in [-0.39, 0.29) is 0 Å². The fourth-order valence-corrected chi connectivity index (χ4v) is 4.17. The number of hydrogen-bond donors (Lipinski definition) is 0. The van der Waals surface area contributed by atoms with Crippen molar-refractivity contribution in [2.45, 2.75) is 6.92 Å². The second-order valence-corrected chi connectivity index (χ2v) is 7.10. The quantitative estimate of drug-likeness (QED) is 0.552. The standard InChI is InChI=1S/C17H17N7S/c1-12-10-24-14(20-12)2-3-15(21-24)22-5-7-23(8-6-22)17-16-13(4-9-25-16)18-11-19-17/h2-4,9-11H,5-8H2,1H3. The molecule has 0 aromatic carbocycles. The van der Waals surface area contributed by atoms with Crippen molar-refractivity contribution in [2.75, 3.05) is 36.0 Å². The van der Waals surface area contributed by atoms with Gasteiger partial charge in [0.2, 0.25) is 0 Å². The Morgan fingerprint density at radius 2 is 1.84 bits per heavy atom. The van der Waals surface area contributed by atoms with Crippen LogP contribution in [-0.4, -0.2) is 50.7 Å². The Kier molecular flexibility index (Phi) is 3.30. The molecule has 0 atom stereocenters. The molecule has 25 heavy (non-hydrogen) atoms. The zero-order valence-electron chi connectivity index (χ0n) is 13.8. The van der Waals surface area contributed by atoms with Crippen LogP contribution in [-0.2, 0) is 0 Å². The van der Waals surface area contributed by atoms with Crippen molar-refractivity contribution in [3.8, 4) is 0 Å². The van der Waals surface area contributed by atoms with E-state index in [0.717, 1.165) is 54.7 Å². The van der Waals surface area contributed by atoms with Crippen LogP contribution in [0.3, 0.4) is 0 Å². The zero-order valence-corrected chi connectivity index (χ0v) is 14.6. The van der Waals surface area contributed by atoms with Crippen LogP contribution in [0.15, 0.2) is 36.1 Å². The summed E-state index contributed by atoms with van der Waals surface area (Å²) in [6.45, 7) is 5.67. The summed E-state index contributed by atoms with van der Waals surface area (Å²) in [6, 6.07) is 6.13. The minimum absolute atomic E-state index is 0.890. The fourth-order valence-electron chi connectivity index (χ4n) is 3.31. The number of imidazole rings is 1. The van der Waals surface area contributed by atoms with Gasteiger partial charge in [-0.05, 0) is 30.5 Å². The molecule has 8 heteroatoms. The van der Waals surface area contributed by atoms with Crippen molar-refractivity contribution in [3.05, 3.63) is 41.8 Å². The van der Waals surface area contributed by atoms with Gasteiger partial charge < -0.3 is 9.80 Å². The number of thiophene rings is 1. The van der Waals surface area contributed by atoms with Gasteiger partial charge in [0.1, 0.15) is 18.0 Å². The van der Waals surface area contributed by atoms with E-state index in [1.165, 1.54) is 4.70 Å². The van der Waals surface area contributed by atoms with Crippen LogP contribution < -0.4 is 9.80 Å². The van der Waals surface area contributed by atoms with Crippen LogP contribution >= 0.6 is 11.3 Å². The summed E-state index contributed by atoms with van der Waals surface area (Å²) in [5, 5.41) is 6.77. The molecule has 0 aliphatic carbocycles. The summed E-state index contributed by atoms with van der Waals surface area (Å²) < 4.78 is 3.03. The Balaban J connectivity index is 1.37. The topological polar surface area (TPSA) is 62.5 Å². The molecule has 5 heterocycles. The highest BCUT2D eigenvalue weighted by molar-refractivity contribution is 7.17. The third kappa shape index (κ3) is 2.49. The Bertz CT molecular complexity index is 1050. The van der Waals surface area contributed by atoms with E-state index in [1.807, 2.05) is 29.8 Å². The van der Waals surface area contributed by atoms with Crippen LogP contribution in [0.1, 0.15) is 5.69 Å². The van der Waals surface area contributed by atoms with Gasteiger partial charge in [0.25, 0.3) is 0 Å². The minimum atomic E-state index is 0.890. The molecule has 1 aliphatic rings. The molecule has 0 bridgehead atoms. The van der Waals surface area contributed by atoms with Crippen molar-refractivity contribution in [1.82, 2.24) is 24.6 Å². The van der Waals surface area contributed by atoms with Crippen LogP contribution in [0.25, 0.3) is 15.9 Å². The number of fused-ring (bicyclic) bond motifs is 2. The largest absolute Gasteiger partial charge is 0.352 e. The second-order valence-electron chi connectivity index (χ2n) is 6.18. The van der Waals surface area contributed by atoms with Crippen molar-refractivity contribution in [1.29, 1.82) is 0 Å². The predicted molar refractivity (Wildman–Crippen MR) is 99.6 cm³/mol. The van der Waals surface area contributed by atoms with Crippen molar-refractivity contribution in [3.63, 3.8) is 0 Å². The Hall–Kier alpha value is -2.74. The Morgan fingerprint density at radius 1 is 1.00 bits per heavy atom. The van der Waals surface area contributed by atoms with Gasteiger partial charge in [0, 0.05) is 26.2 Å². The number of nitrogens with zero attached hydrogens (tertiary/aromatic N) is 7. The van der Waals surface area contributed by atoms with E-state index in [2.05, 4.69) is 36.2 Å². The van der Waals surface area contributed by atoms with E-state index >= 15 is 0 Å². The van der Waals surface area contributed by atoms with Gasteiger partial charge in [-0.3, -0.25) is 0 Å². The van der Waals surface area contributed by atoms with Crippen molar-refractivity contribution < 1.29 is 0 Å². The molecule has 4 aromatic rings. The maximum Gasteiger partial charge on any atom is 0.153 e. The predicted octanol–water partition coefficient (Wildman–Crippen LogP) is 2.37. The highest BCUT2D eigenvalue weighted by Crippen LogP contribution is 2.28. The summed E-state index contributed by atoms with van der Waals surface area (Å²) in [5.74, 6) is 2.04. The lowest BCUT2D eigenvalue weighted by atomic mass is 10.3. The molecule has 0 radical (unpaired) electrons. The Labute approximate surface area is 148 Å². The van der Waals surface area contributed by atoms with Crippen molar-refractivity contribution in [2.24, 2.45) is 0 Å². The van der Waals surface area contributed by atoms with Gasteiger partial charge in [0.05, 0.1) is 22.1 Å². The lowest BCUT2D eigenvalue weighted by Gasteiger charge is -2.36. The first-order valence-electron chi connectivity index (χ1n) is 8.29. The molecule has 5 rings (SSSR count). The highest BCUT2D eigenvalue weighted by atomic mass is 32.1. The van der Waals surface area contributed by atoms with Crippen LogP contribution in [0, 0.1) is 6.92 Å². The molecule has 7 nitrogen and oxygen atoms in total. The first-order valence-corrected chi connectivity index (χ1v) is 9.17.